The number of nitrogens with two attached hydrogens (primary N) is 1. The standard InChI is InChI=1S/C22H19N5O5.C21H21N5O4/c1-2-31-21(29)23-17-5-3-4-14(12-17)13-27-19(28)11-10-18(25-27)15-6-8-16(9-7-15)20-24-22(30)32-26-20;1-2-30-21(28)23-17-5-3-4-14(12-17)13-26-19(27)11-10-18(24-26)15-6-8-16(9-7-15)20(22)25-29/h3-12H,2,13H2,1H3,(H,23,29)(H,24,26,30);3-12,29H,2,13H2,1H3,(H2,22,25)(H,23,28). The molecule has 0 radical (unpaired) electrons. The minimum atomic E-state index is -0.626. The Morgan fingerprint density at radius 3 is 1.60 bits per heavy atom. The Kier molecular flexibility index (Phi) is 14.1. The van der Waals surface area contributed by atoms with Crippen LogP contribution in [0.3, 0.4) is 0 Å². The summed E-state index contributed by atoms with van der Waals surface area (Å²) >= 11 is 0. The lowest BCUT2D eigenvalue weighted by Gasteiger charge is -2.10. The molecule has 0 unspecified atom stereocenters. The number of hydrogen-bond acceptors (Lipinski definition) is 13. The van der Waals surface area contributed by atoms with Crippen LogP contribution in [0.2, 0.25) is 0 Å². The van der Waals surface area contributed by atoms with Gasteiger partial charge >= 0.3 is 17.9 Å². The van der Waals surface area contributed by atoms with E-state index in [1.165, 1.54) is 21.5 Å². The van der Waals surface area contributed by atoms with E-state index in [1.54, 1.807) is 98.8 Å². The summed E-state index contributed by atoms with van der Waals surface area (Å²) < 4.78 is 17.0. The van der Waals surface area contributed by atoms with Crippen LogP contribution in [0.15, 0.2) is 145 Å². The van der Waals surface area contributed by atoms with Gasteiger partial charge in [0.1, 0.15) is 0 Å². The maximum atomic E-state index is 12.4. The number of hydrogen-bond donors (Lipinski definition) is 5. The highest BCUT2D eigenvalue weighted by molar-refractivity contribution is 5.97. The van der Waals surface area contributed by atoms with Crippen molar-refractivity contribution in [2.45, 2.75) is 26.9 Å². The van der Waals surface area contributed by atoms with Crippen LogP contribution in [-0.4, -0.2) is 66.1 Å². The number of H-pyrrole nitrogens is 1. The van der Waals surface area contributed by atoms with Crippen molar-refractivity contribution in [1.29, 1.82) is 0 Å². The number of carbonyl (C=O) groups is 2. The lowest BCUT2D eigenvalue weighted by Crippen LogP contribution is -2.23. The topological polar surface area (TPSA) is 264 Å². The summed E-state index contributed by atoms with van der Waals surface area (Å²) in [5, 5.41) is 29.6. The van der Waals surface area contributed by atoms with Crippen LogP contribution in [0.5, 0.6) is 0 Å². The first kappa shape index (κ1) is 43.0. The van der Waals surface area contributed by atoms with Gasteiger partial charge in [-0.1, -0.05) is 83.1 Å². The summed E-state index contributed by atoms with van der Waals surface area (Å²) in [6.07, 6.45) is -1.08. The van der Waals surface area contributed by atoms with Gasteiger partial charge in [-0.05, 0) is 61.4 Å². The highest BCUT2D eigenvalue weighted by Gasteiger charge is 2.11. The minimum absolute atomic E-state index is 0.00999. The molecule has 0 aliphatic rings. The fraction of sp³-hybridized carbons (Fsp3) is 0.140. The molecule has 3 aromatic heterocycles. The van der Waals surface area contributed by atoms with Crippen LogP contribution in [0, 0.1) is 0 Å². The van der Waals surface area contributed by atoms with Gasteiger partial charge in [0.15, 0.2) is 11.7 Å². The summed E-state index contributed by atoms with van der Waals surface area (Å²) in [7, 11) is 0. The number of oxime groups is 1. The Hall–Kier alpha value is -8.61. The molecule has 6 N–H and O–H groups in total. The van der Waals surface area contributed by atoms with E-state index in [0.29, 0.717) is 39.7 Å². The number of benzene rings is 4. The number of rotatable bonds is 12. The van der Waals surface area contributed by atoms with Gasteiger partial charge in [0, 0.05) is 45.8 Å². The van der Waals surface area contributed by atoms with Crippen molar-refractivity contribution in [3.05, 3.63) is 169 Å². The second-order valence-corrected chi connectivity index (χ2v) is 13.1. The van der Waals surface area contributed by atoms with Crippen LogP contribution in [-0.2, 0) is 22.6 Å². The molecule has 7 aromatic rings. The summed E-state index contributed by atoms with van der Waals surface area (Å²) in [5.74, 6) is -0.286. The van der Waals surface area contributed by atoms with Gasteiger partial charge in [-0.15, -0.1) is 0 Å². The van der Waals surface area contributed by atoms with E-state index >= 15 is 0 Å². The highest BCUT2D eigenvalue weighted by atomic mass is 16.6. The van der Waals surface area contributed by atoms with E-state index in [1.807, 2.05) is 24.3 Å². The molecular formula is C43H40N10O9. The fourth-order valence-electron chi connectivity index (χ4n) is 5.87. The molecule has 62 heavy (non-hydrogen) atoms. The fourth-order valence-corrected chi connectivity index (χ4v) is 5.87. The third-order valence-electron chi connectivity index (χ3n) is 8.77. The number of carbonyl (C=O) groups excluding carboxylic acids is 2. The number of anilines is 2. The van der Waals surface area contributed by atoms with Crippen molar-refractivity contribution in [2.24, 2.45) is 10.9 Å². The molecule has 2 amide bonds. The number of aromatic amines is 1. The average molecular weight is 841 g/mol. The predicted molar refractivity (Wildman–Crippen MR) is 229 cm³/mol. The molecule has 0 aliphatic heterocycles. The Labute approximate surface area is 352 Å². The van der Waals surface area contributed by atoms with Crippen molar-refractivity contribution < 1.29 is 28.8 Å². The first-order valence-electron chi connectivity index (χ1n) is 19.0. The van der Waals surface area contributed by atoms with Crippen LogP contribution in [0.4, 0.5) is 21.0 Å². The number of ether oxygens (including phenoxy) is 2. The summed E-state index contributed by atoms with van der Waals surface area (Å²) in [6, 6.07) is 34.5. The molecule has 0 fully saturated rings. The molecule has 0 bridgehead atoms. The molecule has 19 heteroatoms. The zero-order chi connectivity index (χ0) is 44.0. The molecule has 0 aliphatic carbocycles. The number of nitrogens with zero attached hydrogens (tertiary/aromatic N) is 6. The van der Waals surface area contributed by atoms with E-state index < -0.39 is 17.9 Å². The quantitative estimate of drug-likeness (QED) is 0.0442. The summed E-state index contributed by atoms with van der Waals surface area (Å²) in [5.41, 5.74) is 11.8. The van der Waals surface area contributed by atoms with Crippen molar-refractivity contribution >= 4 is 29.4 Å². The van der Waals surface area contributed by atoms with Crippen molar-refractivity contribution in [1.82, 2.24) is 29.7 Å². The minimum Gasteiger partial charge on any atom is -0.450 e. The summed E-state index contributed by atoms with van der Waals surface area (Å²) in [4.78, 5) is 61.5. The molecule has 19 nitrogen and oxygen atoms in total. The Morgan fingerprint density at radius 2 is 1.16 bits per heavy atom. The van der Waals surface area contributed by atoms with Crippen LogP contribution < -0.4 is 33.2 Å². The summed E-state index contributed by atoms with van der Waals surface area (Å²) in [6.45, 7) is 4.46. The monoisotopic (exact) mass is 840 g/mol. The molecule has 316 valence electrons. The van der Waals surface area contributed by atoms with Crippen LogP contribution in [0.25, 0.3) is 33.9 Å². The lowest BCUT2D eigenvalue weighted by molar-refractivity contribution is 0.167. The van der Waals surface area contributed by atoms with Gasteiger partial charge in [-0.3, -0.25) is 29.7 Å². The van der Waals surface area contributed by atoms with Crippen molar-refractivity contribution in [2.75, 3.05) is 23.8 Å². The number of aromatic nitrogens is 6. The largest absolute Gasteiger partial charge is 0.450 e. The average Bonchev–Trinajstić information content (AvgIpc) is 3.71. The van der Waals surface area contributed by atoms with Gasteiger partial charge in [0.25, 0.3) is 11.1 Å². The molecule has 0 saturated heterocycles. The second kappa shape index (κ2) is 20.4. The van der Waals surface area contributed by atoms with Gasteiger partial charge in [0.05, 0.1) is 37.7 Å². The smallest absolute Gasteiger partial charge is 0.439 e. The molecule has 0 spiro atoms. The third kappa shape index (κ3) is 11.5. The van der Waals surface area contributed by atoms with Crippen LogP contribution in [0.1, 0.15) is 30.5 Å². The Bertz CT molecular complexity index is 2870. The zero-order valence-electron chi connectivity index (χ0n) is 33.3. The molecule has 0 saturated carbocycles. The number of amides is 2. The molecule has 7 rings (SSSR count). The van der Waals surface area contributed by atoms with E-state index in [-0.39, 0.29) is 43.3 Å². The second-order valence-electron chi connectivity index (χ2n) is 13.1. The third-order valence-corrected chi connectivity index (χ3v) is 8.77. The lowest BCUT2D eigenvalue weighted by atomic mass is 10.1. The van der Waals surface area contributed by atoms with Gasteiger partial charge in [-0.2, -0.15) is 10.2 Å². The molecule has 0 atom stereocenters. The van der Waals surface area contributed by atoms with Crippen molar-refractivity contribution in [3.8, 4) is 33.9 Å². The van der Waals surface area contributed by atoms with Crippen molar-refractivity contribution in [3.63, 3.8) is 0 Å². The Balaban J connectivity index is 0.000000207. The first-order valence-corrected chi connectivity index (χ1v) is 19.0. The van der Waals surface area contributed by atoms with Crippen LogP contribution >= 0.6 is 0 Å². The highest BCUT2D eigenvalue weighted by Crippen LogP contribution is 2.21. The van der Waals surface area contributed by atoms with Gasteiger partial charge in [0.2, 0.25) is 0 Å². The predicted octanol–water partition coefficient (Wildman–Crippen LogP) is 5.49. The molecule has 4 aromatic carbocycles. The number of amidine groups is 1. The Morgan fingerprint density at radius 1 is 0.694 bits per heavy atom. The maximum absolute atomic E-state index is 12.4. The first-order chi connectivity index (χ1) is 30.0. The van der Waals surface area contributed by atoms with Gasteiger partial charge in [-0.25, -0.2) is 23.7 Å². The van der Waals surface area contributed by atoms with E-state index in [4.69, 9.17) is 20.4 Å². The number of nitrogens with one attached hydrogen (secondary N) is 3. The van der Waals surface area contributed by atoms with E-state index in [9.17, 15) is 24.0 Å². The van der Waals surface area contributed by atoms with E-state index in [2.05, 4.69) is 40.7 Å². The SMILES string of the molecule is CCOC(=O)Nc1cccc(Cn2nc(-c3ccc(-c4noc(=O)[nH]4)cc3)ccc2=O)c1.CCOC(=O)Nc1cccc(Cn2nc(-c3ccc(/C(N)=N/O)cc3)ccc2=O)c1. The maximum Gasteiger partial charge on any atom is 0.439 e. The molecular weight excluding hydrogens is 801 g/mol. The van der Waals surface area contributed by atoms with E-state index in [0.717, 1.165) is 22.3 Å². The molecule has 3 heterocycles. The van der Waals surface area contributed by atoms with Gasteiger partial charge < -0.3 is 20.4 Å². The zero-order valence-corrected chi connectivity index (χ0v) is 33.3. The normalized spacial score (nSPS) is 10.9.